The minimum atomic E-state index is -3.33. The van der Waals surface area contributed by atoms with Crippen LogP contribution in [0.5, 0.6) is 0 Å². The van der Waals surface area contributed by atoms with Gasteiger partial charge in [0.1, 0.15) is 6.54 Å². The lowest BCUT2D eigenvalue weighted by atomic mass is 10.1. The highest BCUT2D eigenvalue weighted by Crippen LogP contribution is 2.45. The summed E-state index contributed by atoms with van der Waals surface area (Å²) in [5, 5.41) is 8.85. The molecule has 0 spiro atoms. The van der Waals surface area contributed by atoms with Crippen molar-refractivity contribution in [1.82, 2.24) is 0 Å². The number of fused-ring (bicyclic) bond motifs is 2. The lowest BCUT2D eigenvalue weighted by molar-refractivity contribution is -0.135. The van der Waals surface area contributed by atoms with Crippen molar-refractivity contribution in [1.29, 1.82) is 0 Å². The number of carbonyl (C=O) groups is 1. The molecule has 0 aromatic heterocycles. The molecule has 0 atom stereocenters. The first-order valence-corrected chi connectivity index (χ1v) is 7.29. The van der Waals surface area contributed by atoms with Crippen LogP contribution in [0.15, 0.2) is 21.9 Å². The van der Waals surface area contributed by atoms with Gasteiger partial charge in [-0.25, -0.2) is 8.42 Å². The zero-order valence-corrected chi connectivity index (χ0v) is 11.1. The van der Waals surface area contributed by atoms with E-state index < -0.39 is 15.8 Å². The molecule has 2 bridgehead atoms. The molecule has 0 aliphatic carbocycles. The molecule has 1 N–H and O–H groups in total. The van der Waals surface area contributed by atoms with Gasteiger partial charge in [-0.2, -0.15) is 0 Å². The second-order valence-electron chi connectivity index (χ2n) is 4.16. The van der Waals surface area contributed by atoms with E-state index in [9.17, 15) is 13.2 Å². The van der Waals surface area contributed by atoms with Gasteiger partial charge >= 0.3 is 5.97 Å². The summed E-state index contributed by atoms with van der Waals surface area (Å²) >= 11 is 0. The second kappa shape index (κ2) is 4.28. The van der Waals surface area contributed by atoms with Crippen molar-refractivity contribution in [2.75, 3.05) is 18.0 Å². The van der Waals surface area contributed by atoms with Crippen LogP contribution >= 0.6 is 0 Å². The molecule has 0 radical (unpaired) electrons. The molecule has 0 unspecified atom stereocenters. The molecule has 98 valence electrons. The van der Waals surface area contributed by atoms with Crippen LogP contribution in [0.3, 0.4) is 0 Å². The van der Waals surface area contributed by atoms with Crippen molar-refractivity contribution >= 4 is 21.5 Å². The standard InChI is InChI=1S/C12H15NO4S/c1-3-8-10-6-5-9(12(8)18(10,16)17)13(4-2)7-11(14)15/h5-6H,3-4,7H2,1-2H3,(H,14,15). The quantitative estimate of drug-likeness (QED) is 0.885. The highest BCUT2D eigenvalue weighted by atomic mass is 32.2. The molecule has 5 nitrogen and oxygen atoms in total. The van der Waals surface area contributed by atoms with E-state index >= 15 is 0 Å². The monoisotopic (exact) mass is 269 g/mol. The van der Waals surface area contributed by atoms with E-state index in [1.165, 1.54) is 0 Å². The first-order valence-electron chi connectivity index (χ1n) is 5.81. The number of rotatable bonds is 5. The summed E-state index contributed by atoms with van der Waals surface area (Å²) in [7, 11) is -3.33. The van der Waals surface area contributed by atoms with E-state index in [0.717, 1.165) is 5.56 Å². The SMILES string of the molecule is CCc1c2ccc(N(CC)CC(=O)O)c1S2(=O)=O. The maximum atomic E-state index is 12.0. The number of hydrogen-bond donors (Lipinski definition) is 1. The van der Waals surface area contributed by atoms with Crippen LogP contribution < -0.4 is 4.90 Å². The normalized spacial score (nSPS) is 15.0. The highest BCUT2D eigenvalue weighted by Gasteiger charge is 2.39. The van der Waals surface area contributed by atoms with Gasteiger partial charge in [-0.3, -0.25) is 4.79 Å². The van der Waals surface area contributed by atoms with Crippen molar-refractivity contribution in [3.8, 4) is 0 Å². The number of benzene rings is 1. The highest BCUT2D eigenvalue weighted by molar-refractivity contribution is 7.93. The lowest BCUT2D eigenvalue weighted by Crippen LogP contribution is -2.33. The number of aryl methyl sites for hydroxylation is 1. The van der Waals surface area contributed by atoms with Crippen molar-refractivity contribution in [3.63, 3.8) is 0 Å². The van der Waals surface area contributed by atoms with Gasteiger partial charge in [0.15, 0.2) is 0 Å². The van der Waals surface area contributed by atoms with E-state index in [1.54, 1.807) is 24.0 Å². The first kappa shape index (κ1) is 12.9. The summed E-state index contributed by atoms with van der Waals surface area (Å²) in [6.45, 7) is 3.97. The zero-order chi connectivity index (χ0) is 13.5. The fourth-order valence-electron chi connectivity index (χ4n) is 2.33. The third-order valence-electron chi connectivity index (χ3n) is 3.16. The van der Waals surface area contributed by atoms with Crippen molar-refractivity contribution in [2.45, 2.75) is 30.1 Å². The maximum absolute atomic E-state index is 12.0. The van der Waals surface area contributed by atoms with Gasteiger partial charge in [0, 0.05) is 6.54 Å². The minimum Gasteiger partial charge on any atom is -0.480 e. The Labute approximate surface area is 106 Å². The molecule has 1 aromatic rings. The number of likely N-dealkylation sites (N-methyl/N-ethyl adjacent to an activating group) is 1. The average molecular weight is 269 g/mol. The second-order valence-corrected chi connectivity index (χ2v) is 6.01. The number of hydrogen-bond acceptors (Lipinski definition) is 4. The molecule has 2 aliphatic rings. The summed E-state index contributed by atoms with van der Waals surface area (Å²) in [4.78, 5) is 13.1. The molecule has 0 amide bonds. The molecule has 6 heteroatoms. The number of sulfone groups is 1. The fourth-order valence-corrected chi connectivity index (χ4v) is 4.26. The number of nitrogens with zero attached hydrogens (tertiary/aromatic N) is 1. The van der Waals surface area contributed by atoms with Gasteiger partial charge in [0.05, 0.1) is 15.5 Å². The van der Waals surface area contributed by atoms with Gasteiger partial charge in [-0.1, -0.05) is 6.92 Å². The summed E-state index contributed by atoms with van der Waals surface area (Å²) in [5.41, 5.74) is 1.32. The molecule has 1 aromatic carbocycles. The zero-order valence-electron chi connectivity index (χ0n) is 10.3. The summed E-state index contributed by atoms with van der Waals surface area (Å²) in [5.74, 6) is -0.970. The van der Waals surface area contributed by atoms with Crippen LogP contribution in [-0.2, 0) is 21.1 Å². The molecule has 0 saturated heterocycles. The molecule has 3 rings (SSSR count). The number of aliphatic carboxylic acids is 1. The molecular weight excluding hydrogens is 254 g/mol. The predicted octanol–water partition coefficient (Wildman–Crippen LogP) is 1.31. The summed E-state index contributed by atoms with van der Waals surface area (Å²) in [6.07, 6.45) is 0.641. The summed E-state index contributed by atoms with van der Waals surface area (Å²) in [6, 6.07) is 3.26. The minimum absolute atomic E-state index is 0.193. The van der Waals surface area contributed by atoms with Gasteiger partial charge in [-0.15, -0.1) is 0 Å². The smallest absolute Gasteiger partial charge is 0.323 e. The Morgan fingerprint density at radius 3 is 2.44 bits per heavy atom. The maximum Gasteiger partial charge on any atom is 0.323 e. The van der Waals surface area contributed by atoms with Crippen LogP contribution in [-0.4, -0.2) is 32.6 Å². The average Bonchev–Trinajstić information content (AvgIpc) is 2.33. The van der Waals surface area contributed by atoms with E-state index in [4.69, 9.17) is 5.11 Å². The van der Waals surface area contributed by atoms with Crippen LogP contribution in [0.1, 0.15) is 19.4 Å². The Balaban J connectivity index is 2.52. The predicted molar refractivity (Wildman–Crippen MR) is 66.8 cm³/mol. The Hall–Kier alpha value is -1.56. The van der Waals surface area contributed by atoms with Gasteiger partial charge in [-0.05, 0) is 31.0 Å². The van der Waals surface area contributed by atoms with E-state index in [-0.39, 0.29) is 6.54 Å². The lowest BCUT2D eigenvalue weighted by Gasteiger charge is -2.31. The van der Waals surface area contributed by atoms with E-state index in [0.29, 0.717) is 28.4 Å². The van der Waals surface area contributed by atoms with Crippen molar-refractivity contribution in [2.24, 2.45) is 0 Å². The van der Waals surface area contributed by atoms with Crippen LogP contribution in [0.2, 0.25) is 0 Å². The van der Waals surface area contributed by atoms with Gasteiger partial charge in [0.25, 0.3) is 0 Å². The first-order chi connectivity index (χ1) is 8.43. The fraction of sp³-hybridized carbons (Fsp3) is 0.417. The third kappa shape index (κ3) is 1.68. The van der Waals surface area contributed by atoms with Crippen molar-refractivity contribution in [3.05, 3.63) is 17.7 Å². The van der Waals surface area contributed by atoms with Crippen LogP contribution in [0.25, 0.3) is 0 Å². The Morgan fingerprint density at radius 2 is 2.00 bits per heavy atom. The molecule has 0 fully saturated rings. The third-order valence-corrected chi connectivity index (χ3v) is 5.11. The van der Waals surface area contributed by atoms with Gasteiger partial charge in [0.2, 0.25) is 9.84 Å². The number of carboxylic acid groups (broad SMARTS) is 1. The van der Waals surface area contributed by atoms with Crippen LogP contribution in [0.4, 0.5) is 5.69 Å². The van der Waals surface area contributed by atoms with Crippen LogP contribution in [0, 0.1) is 0 Å². The molecule has 18 heavy (non-hydrogen) atoms. The molecule has 2 aliphatic heterocycles. The Bertz CT molecular complexity index is 607. The van der Waals surface area contributed by atoms with E-state index in [1.807, 2.05) is 6.92 Å². The molecular formula is C12H15NO4S. The molecule has 2 heterocycles. The Kier molecular flexibility index (Phi) is 3.06. The van der Waals surface area contributed by atoms with Crippen molar-refractivity contribution < 1.29 is 18.3 Å². The number of anilines is 1. The van der Waals surface area contributed by atoms with E-state index in [2.05, 4.69) is 0 Å². The largest absolute Gasteiger partial charge is 0.480 e. The van der Waals surface area contributed by atoms with Gasteiger partial charge < -0.3 is 10.0 Å². The number of carboxylic acids is 1. The molecule has 0 saturated carbocycles. The summed E-state index contributed by atoms with van der Waals surface area (Å²) < 4.78 is 24.0. The Morgan fingerprint density at radius 1 is 1.33 bits per heavy atom. The topological polar surface area (TPSA) is 74.7 Å².